The Labute approximate surface area is 175 Å². The highest BCUT2D eigenvalue weighted by Crippen LogP contribution is 2.31. The number of thioether (sulfide) groups is 1. The van der Waals surface area contributed by atoms with Crippen molar-refractivity contribution in [3.8, 4) is 0 Å². The maximum atomic E-state index is 12.4. The van der Waals surface area contributed by atoms with Gasteiger partial charge in [-0.3, -0.25) is 4.79 Å². The van der Waals surface area contributed by atoms with E-state index in [1.165, 1.54) is 11.1 Å². The van der Waals surface area contributed by atoms with Crippen LogP contribution in [0, 0.1) is 6.92 Å². The van der Waals surface area contributed by atoms with Gasteiger partial charge < -0.3 is 5.32 Å². The molecule has 0 aliphatic rings. The molecule has 0 saturated heterocycles. The number of rotatable bonds is 9. The minimum absolute atomic E-state index is 0.0973. The lowest BCUT2D eigenvalue weighted by Gasteiger charge is -2.31. The molecule has 0 spiro atoms. The summed E-state index contributed by atoms with van der Waals surface area (Å²) in [6.07, 6.45) is 0.521. The maximum Gasteiger partial charge on any atom is 0.220 e. The summed E-state index contributed by atoms with van der Waals surface area (Å²) in [7, 11) is 0. The van der Waals surface area contributed by atoms with Crippen LogP contribution in [0.3, 0.4) is 0 Å². The van der Waals surface area contributed by atoms with E-state index in [4.69, 9.17) is 0 Å². The summed E-state index contributed by atoms with van der Waals surface area (Å²) in [4.78, 5) is 16.9. The van der Waals surface area contributed by atoms with Gasteiger partial charge in [-0.25, -0.2) is 4.98 Å². The third-order valence-electron chi connectivity index (χ3n) is 4.85. The monoisotopic (exact) mass is 410 g/mol. The van der Waals surface area contributed by atoms with Crippen LogP contribution in [0.4, 0.5) is 0 Å². The molecule has 28 heavy (non-hydrogen) atoms. The number of amides is 1. The molecule has 3 nitrogen and oxygen atoms in total. The standard InChI is InChI=1S/C23H26N2OS2/c1-18-25-21(16-28-18)15-27-14-13-22(26)24-17-23(2,19-9-5-3-6-10-19)20-11-7-4-8-12-20/h3-12,16H,13-15,17H2,1-2H3,(H,24,26). The van der Waals surface area contributed by atoms with Crippen molar-refractivity contribution in [1.29, 1.82) is 0 Å². The van der Waals surface area contributed by atoms with Crippen molar-refractivity contribution < 1.29 is 4.79 Å². The van der Waals surface area contributed by atoms with Crippen LogP contribution in [0.15, 0.2) is 66.0 Å². The van der Waals surface area contributed by atoms with E-state index < -0.39 is 0 Å². The molecule has 3 rings (SSSR count). The Balaban J connectivity index is 1.55. The van der Waals surface area contributed by atoms with E-state index in [1.54, 1.807) is 23.1 Å². The number of carbonyl (C=O) groups is 1. The Morgan fingerprint density at radius 2 is 1.68 bits per heavy atom. The zero-order valence-electron chi connectivity index (χ0n) is 16.4. The van der Waals surface area contributed by atoms with Gasteiger partial charge in [0.05, 0.1) is 10.7 Å². The molecule has 0 unspecified atom stereocenters. The Bertz CT molecular complexity index is 838. The highest BCUT2D eigenvalue weighted by molar-refractivity contribution is 7.98. The summed E-state index contributed by atoms with van der Waals surface area (Å²) in [6.45, 7) is 4.79. The lowest BCUT2D eigenvalue weighted by Crippen LogP contribution is -2.39. The van der Waals surface area contributed by atoms with Crippen molar-refractivity contribution in [3.63, 3.8) is 0 Å². The molecule has 0 bridgehead atoms. The first-order valence-corrected chi connectivity index (χ1v) is 11.5. The molecule has 0 aliphatic carbocycles. The number of hydrogen-bond acceptors (Lipinski definition) is 4. The molecule has 0 saturated carbocycles. The average Bonchev–Trinajstić information content (AvgIpc) is 3.16. The molecule has 146 valence electrons. The fourth-order valence-electron chi connectivity index (χ4n) is 3.16. The van der Waals surface area contributed by atoms with Crippen LogP contribution in [-0.4, -0.2) is 23.2 Å². The van der Waals surface area contributed by atoms with Crippen molar-refractivity contribution in [2.45, 2.75) is 31.4 Å². The molecule has 1 amide bonds. The molecule has 2 aromatic carbocycles. The molecular formula is C23H26N2OS2. The average molecular weight is 411 g/mol. The van der Waals surface area contributed by atoms with Gasteiger partial charge in [-0.15, -0.1) is 11.3 Å². The molecule has 5 heteroatoms. The van der Waals surface area contributed by atoms with Crippen LogP contribution >= 0.6 is 23.1 Å². The second kappa shape index (κ2) is 9.89. The number of aromatic nitrogens is 1. The van der Waals surface area contributed by atoms with Crippen LogP contribution in [0.5, 0.6) is 0 Å². The molecular weight excluding hydrogens is 384 g/mol. The molecule has 1 aromatic heterocycles. The minimum Gasteiger partial charge on any atom is -0.355 e. The Kier molecular flexibility index (Phi) is 7.29. The zero-order valence-corrected chi connectivity index (χ0v) is 18.0. The van der Waals surface area contributed by atoms with Crippen molar-refractivity contribution in [2.24, 2.45) is 0 Å². The van der Waals surface area contributed by atoms with Crippen molar-refractivity contribution in [1.82, 2.24) is 10.3 Å². The van der Waals surface area contributed by atoms with Crippen LogP contribution < -0.4 is 5.32 Å². The summed E-state index contributed by atoms with van der Waals surface area (Å²) >= 11 is 3.43. The lowest BCUT2D eigenvalue weighted by atomic mass is 9.76. The Hall–Kier alpha value is -2.11. The molecule has 0 radical (unpaired) electrons. The van der Waals surface area contributed by atoms with Crippen molar-refractivity contribution in [2.75, 3.05) is 12.3 Å². The van der Waals surface area contributed by atoms with Gasteiger partial charge in [-0.2, -0.15) is 11.8 Å². The third-order valence-corrected chi connectivity index (χ3v) is 6.67. The van der Waals surface area contributed by atoms with Gasteiger partial charge >= 0.3 is 0 Å². The van der Waals surface area contributed by atoms with E-state index in [9.17, 15) is 4.79 Å². The first-order valence-electron chi connectivity index (χ1n) is 9.44. The predicted octanol–water partition coefficient (Wildman–Crippen LogP) is 5.20. The number of hydrogen-bond donors (Lipinski definition) is 1. The van der Waals surface area contributed by atoms with E-state index in [2.05, 4.69) is 71.1 Å². The van der Waals surface area contributed by atoms with Crippen molar-refractivity contribution in [3.05, 3.63) is 87.9 Å². The number of aryl methyl sites for hydroxylation is 1. The SMILES string of the molecule is Cc1nc(CSCCC(=O)NCC(C)(c2ccccc2)c2ccccc2)cs1. The van der Waals surface area contributed by atoms with Crippen LogP contribution in [0.1, 0.15) is 35.2 Å². The Morgan fingerprint density at radius 3 is 2.21 bits per heavy atom. The van der Waals surface area contributed by atoms with E-state index in [1.807, 2.05) is 19.1 Å². The summed E-state index contributed by atoms with van der Waals surface area (Å²) in [5, 5.41) is 6.34. The number of carbonyl (C=O) groups excluding carboxylic acids is 1. The fraction of sp³-hybridized carbons (Fsp3) is 0.304. The van der Waals surface area contributed by atoms with Gasteiger partial charge in [0, 0.05) is 35.3 Å². The lowest BCUT2D eigenvalue weighted by molar-refractivity contribution is -0.120. The highest BCUT2D eigenvalue weighted by atomic mass is 32.2. The third kappa shape index (κ3) is 5.46. The zero-order chi connectivity index (χ0) is 19.8. The first kappa shape index (κ1) is 20.6. The van der Waals surface area contributed by atoms with Crippen molar-refractivity contribution >= 4 is 29.0 Å². The minimum atomic E-state index is -0.260. The summed E-state index contributed by atoms with van der Waals surface area (Å²) in [5.74, 6) is 1.76. The maximum absolute atomic E-state index is 12.4. The largest absolute Gasteiger partial charge is 0.355 e. The van der Waals surface area contributed by atoms with Crippen LogP contribution in [0.2, 0.25) is 0 Å². The molecule has 3 aromatic rings. The van der Waals surface area contributed by atoms with Gasteiger partial charge in [0.1, 0.15) is 0 Å². The molecule has 0 atom stereocenters. The first-order chi connectivity index (χ1) is 13.6. The smallest absolute Gasteiger partial charge is 0.220 e. The fourth-order valence-corrected chi connectivity index (χ4v) is 4.71. The number of thiazole rings is 1. The Morgan fingerprint density at radius 1 is 1.07 bits per heavy atom. The van der Waals surface area contributed by atoms with Gasteiger partial charge in [-0.05, 0) is 25.0 Å². The summed E-state index contributed by atoms with van der Waals surface area (Å²) < 4.78 is 0. The van der Waals surface area contributed by atoms with Crippen LogP contribution in [0.25, 0.3) is 0 Å². The van der Waals surface area contributed by atoms with Gasteiger partial charge in [0.2, 0.25) is 5.91 Å². The number of nitrogens with one attached hydrogen (secondary N) is 1. The second-order valence-corrected chi connectivity index (χ2v) is 9.17. The predicted molar refractivity (Wildman–Crippen MR) is 120 cm³/mol. The van der Waals surface area contributed by atoms with E-state index in [0.717, 1.165) is 22.2 Å². The van der Waals surface area contributed by atoms with E-state index in [0.29, 0.717) is 13.0 Å². The summed E-state index contributed by atoms with van der Waals surface area (Å²) in [6, 6.07) is 20.8. The van der Waals surface area contributed by atoms with Gasteiger partial charge in [0.15, 0.2) is 0 Å². The van der Waals surface area contributed by atoms with Gasteiger partial charge in [-0.1, -0.05) is 60.7 Å². The highest BCUT2D eigenvalue weighted by Gasteiger charge is 2.29. The van der Waals surface area contributed by atoms with Gasteiger partial charge in [0.25, 0.3) is 0 Å². The van der Waals surface area contributed by atoms with E-state index >= 15 is 0 Å². The quantitative estimate of drug-likeness (QED) is 0.493. The van der Waals surface area contributed by atoms with E-state index in [-0.39, 0.29) is 11.3 Å². The molecule has 1 heterocycles. The topological polar surface area (TPSA) is 42.0 Å². The normalized spacial score (nSPS) is 11.4. The molecule has 1 N–H and O–H groups in total. The molecule has 0 aliphatic heterocycles. The second-order valence-electron chi connectivity index (χ2n) is 7.00. The number of nitrogens with zero attached hydrogens (tertiary/aromatic N) is 1. The molecule has 0 fully saturated rings. The number of benzene rings is 2. The summed E-state index contributed by atoms with van der Waals surface area (Å²) in [5.41, 5.74) is 3.25. The van der Waals surface area contributed by atoms with Crippen LogP contribution in [-0.2, 0) is 16.0 Å².